The highest BCUT2D eigenvalue weighted by atomic mass is 16.3. The fourth-order valence-corrected chi connectivity index (χ4v) is 3.06. The Morgan fingerprint density at radius 1 is 0.935 bits per heavy atom. The average Bonchev–Trinajstić information content (AvgIpc) is 3.32. The molecule has 154 valence electrons. The third-order valence-corrected chi connectivity index (χ3v) is 4.74. The summed E-state index contributed by atoms with van der Waals surface area (Å²) in [6.45, 7) is 2.66. The maximum Gasteiger partial charge on any atom is 0.291 e. The molecule has 6 nitrogen and oxygen atoms in total. The number of nitrogens with zero attached hydrogens (tertiary/aromatic N) is 2. The first-order chi connectivity index (χ1) is 15.1. The lowest BCUT2D eigenvalue weighted by atomic mass is 10.1. The van der Waals surface area contributed by atoms with Crippen molar-refractivity contribution >= 4 is 17.5 Å². The molecule has 0 aliphatic rings. The van der Waals surface area contributed by atoms with Crippen LogP contribution in [0.5, 0.6) is 0 Å². The molecule has 2 heterocycles. The van der Waals surface area contributed by atoms with Crippen molar-refractivity contribution in [3.05, 3.63) is 119 Å². The quantitative estimate of drug-likeness (QED) is 0.528. The number of aryl methyl sites for hydroxylation is 1. The lowest BCUT2D eigenvalue weighted by Crippen LogP contribution is -2.22. The van der Waals surface area contributed by atoms with Crippen molar-refractivity contribution in [3.63, 3.8) is 0 Å². The zero-order valence-electron chi connectivity index (χ0n) is 17.0. The van der Waals surface area contributed by atoms with Crippen LogP contribution < -0.4 is 10.8 Å². The predicted octanol–water partition coefficient (Wildman–Crippen LogP) is 4.43. The standard InChI is InChI=1S/C25H21N3O3/c1-18-7-9-19(10-8-18)17-28-15-3-2-6-23(28)27-24(29)20-11-13-21(14-12-20)26-25(30)22-5-4-16-31-22/h2-16H,17H2,1H3,(H,26,30). The Morgan fingerprint density at radius 3 is 2.42 bits per heavy atom. The number of benzene rings is 2. The monoisotopic (exact) mass is 411 g/mol. The molecule has 2 amide bonds. The summed E-state index contributed by atoms with van der Waals surface area (Å²) in [5.74, 6) is -0.486. The maximum atomic E-state index is 12.7. The van der Waals surface area contributed by atoms with E-state index in [1.807, 2.05) is 35.9 Å². The van der Waals surface area contributed by atoms with Gasteiger partial charge in [-0.2, -0.15) is 4.99 Å². The summed E-state index contributed by atoms with van der Waals surface area (Å²) in [7, 11) is 0. The van der Waals surface area contributed by atoms with E-state index in [4.69, 9.17) is 4.42 Å². The zero-order valence-corrected chi connectivity index (χ0v) is 17.0. The first-order valence-electron chi connectivity index (χ1n) is 9.83. The molecule has 0 saturated heterocycles. The van der Waals surface area contributed by atoms with Crippen LogP contribution in [-0.2, 0) is 6.54 Å². The van der Waals surface area contributed by atoms with Crippen molar-refractivity contribution in [2.75, 3.05) is 5.32 Å². The Bertz CT molecular complexity index is 1250. The number of carbonyl (C=O) groups excluding carboxylic acids is 2. The first-order valence-corrected chi connectivity index (χ1v) is 9.83. The summed E-state index contributed by atoms with van der Waals surface area (Å²) in [6.07, 6.45) is 3.34. The summed E-state index contributed by atoms with van der Waals surface area (Å²) < 4.78 is 7.00. The highest BCUT2D eigenvalue weighted by Gasteiger charge is 2.10. The van der Waals surface area contributed by atoms with Gasteiger partial charge in [0.15, 0.2) is 5.76 Å². The molecule has 0 radical (unpaired) electrons. The molecule has 2 aromatic heterocycles. The smallest absolute Gasteiger partial charge is 0.291 e. The van der Waals surface area contributed by atoms with E-state index in [0.717, 1.165) is 5.56 Å². The molecule has 0 fully saturated rings. The number of hydrogen-bond donors (Lipinski definition) is 1. The zero-order chi connectivity index (χ0) is 21.6. The molecule has 31 heavy (non-hydrogen) atoms. The molecule has 2 aromatic carbocycles. The van der Waals surface area contributed by atoms with E-state index in [0.29, 0.717) is 23.3 Å². The number of anilines is 1. The molecule has 0 saturated carbocycles. The van der Waals surface area contributed by atoms with E-state index < -0.39 is 0 Å². The van der Waals surface area contributed by atoms with Crippen LogP contribution in [0.3, 0.4) is 0 Å². The van der Waals surface area contributed by atoms with Crippen LogP contribution in [0.15, 0.2) is 101 Å². The highest BCUT2D eigenvalue weighted by molar-refractivity contribution is 6.02. The van der Waals surface area contributed by atoms with Gasteiger partial charge in [0.1, 0.15) is 5.49 Å². The Labute approximate surface area is 179 Å². The first kappa shape index (κ1) is 20.1. The second-order valence-corrected chi connectivity index (χ2v) is 7.10. The summed E-state index contributed by atoms with van der Waals surface area (Å²) in [5.41, 5.74) is 3.89. The van der Waals surface area contributed by atoms with Gasteiger partial charge in [-0.25, -0.2) is 0 Å². The van der Waals surface area contributed by atoms with Crippen molar-refractivity contribution in [1.29, 1.82) is 0 Å². The number of rotatable bonds is 5. The van der Waals surface area contributed by atoms with E-state index in [1.54, 1.807) is 36.4 Å². The Kier molecular flexibility index (Phi) is 5.89. The van der Waals surface area contributed by atoms with Crippen molar-refractivity contribution in [2.45, 2.75) is 13.5 Å². The van der Waals surface area contributed by atoms with Gasteiger partial charge in [0.25, 0.3) is 11.8 Å². The molecule has 6 heteroatoms. The van der Waals surface area contributed by atoms with Gasteiger partial charge in [0.2, 0.25) is 0 Å². The van der Waals surface area contributed by atoms with Crippen LogP contribution in [0.4, 0.5) is 5.69 Å². The molecule has 0 unspecified atom stereocenters. The molecule has 0 spiro atoms. The lowest BCUT2D eigenvalue weighted by Gasteiger charge is -2.08. The summed E-state index contributed by atoms with van der Waals surface area (Å²) in [4.78, 5) is 29.0. The molecular weight excluding hydrogens is 390 g/mol. The lowest BCUT2D eigenvalue weighted by molar-refractivity contribution is 0.0990. The van der Waals surface area contributed by atoms with Crippen molar-refractivity contribution in [2.24, 2.45) is 4.99 Å². The van der Waals surface area contributed by atoms with Gasteiger partial charge in [0.05, 0.1) is 6.26 Å². The van der Waals surface area contributed by atoms with Gasteiger partial charge in [-0.1, -0.05) is 35.9 Å². The van der Waals surface area contributed by atoms with Crippen LogP contribution in [0.25, 0.3) is 0 Å². The summed E-state index contributed by atoms with van der Waals surface area (Å²) >= 11 is 0. The van der Waals surface area contributed by atoms with Crippen molar-refractivity contribution in [1.82, 2.24) is 4.57 Å². The van der Waals surface area contributed by atoms with Crippen LogP contribution >= 0.6 is 0 Å². The molecular formula is C25H21N3O3. The number of nitrogens with one attached hydrogen (secondary N) is 1. The average molecular weight is 411 g/mol. The van der Waals surface area contributed by atoms with Crippen LogP contribution in [0, 0.1) is 6.92 Å². The largest absolute Gasteiger partial charge is 0.459 e. The number of pyridine rings is 1. The van der Waals surface area contributed by atoms with E-state index in [2.05, 4.69) is 34.6 Å². The third kappa shape index (κ3) is 5.05. The van der Waals surface area contributed by atoms with E-state index in [1.165, 1.54) is 11.8 Å². The minimum atomic E-state index is -0.354. The van der Waals surface area contributed by atoms with Crippen LogP contribution in [-0.4, -0.2) is 16.4 Å². The fraction of sp³-hybridized carbons (Fsp3) is 0.0800. The number of aromatic nitrogens is 1. The van der Waals surface area contributed by atoms with Gasteiger partial charge in [-0.3, -0.25) is 9.59 Å². The summed E-state index contributed by atoms with van der Waals surface area (Å²) in [5, 5.41) is 2.72. The Balaban J connectivity index is 1.51. The van der Waals surface area contributed by atoms with Crippen LogP contribution in [0.1, 0.15) is 32.0 Å². The molecule has 0 atom stereocenters. The fourth-order valence-electron chi connectivity index (χ4n) is 3.06. The maximum absolute atomic E-state index is 12.7. The van der Waals surface area contributed by atoms with E-state index >= 15 is 0 Å². The SMILES string of the molecule is Cc1ccc(Cn2ccccc2=NC(=O)c2ccc(NC(=O)c3ccco3)cc2)cc1. The van der Waals surface area contributed by atoms with E-state index in [-0.39, 0.29) is 17.6 Å². The van der Waals surface area contributed by atoms with Crippen molar-refractivity contribution in [3.8, 4) is 0 Å². The highest BCUT2D eigenvalue weighted by Crippen LogP contribution is 2.12. The van der Waals surface area contributed by atoms with Crippen molar-refractivity contribution < 1.29 is 14.0 Å². The van der Waals surface area contributed by atoms with Crippen LogP contribution in [0.2, 0.25) is 0 Å². The molecule has 4 rings (SSSR count). The van der Waals surface area contributed by atoms with Gasteiger partial charge < -0.3 is 14.3 Å². The second kappa shape index (κ2) is 9.09. The number of carbonyl (C=O) groups is 2. The molecule has 0 bridgehead atoms. The predicted molar refractivity (Wildman–Crippen MR) is 118 cm³/mol. The molecule has 4 aromatic rings. The Hall–Kier alpha value is -4.19. The third-order valence-electron chi connectivity index (χ3n) is 4.74. The van der Waals surface area contributed by atoms with Gasteiger partial charge >= 0.3 is 0 Å². The van der Waals surface area contributed by atoms with Gasteiger partial charge in [-0.15, -0.1) is 0 Å². The topological polar surface area (TPSA) is 76.6 Å². The number of amides is 2. The second-order valence-electron chi connectivity index (χ2n) is 7.10. The minimum absolute atomic E-state index is 0.220. The molecule has 0 aliphatic heterocycles. The normalized spacial score (nSPS) is 11.3. The Morgan fingerprint density at radius 2 is 1.71 bits per heavy atom. The molecule has 1 N–H and O–H groups in total. The number of hydrogen-bond acceptors (Lipinski definition) is 3. The van der Waals surface area contributed by atoms with Gasteiger partial charge in [-0.05, 0) is 61.0 Å². The number of furan rings is 1. The van der Waals surface area contributed by atoms with E-state index in [9.17, 15) is 9.59 Å². The summed E-state index contributed by atoms with van der Waals surface area (Å²) in [6, 6.07) is 23.7. The molecule has 0 aliphatic carbocycles. The van der Waals surface area contributed by atoms with Gasteiger partial charge in [0, 0.05) is 24.0 Å². The minimum Gasteiger partial charge on any atom is -0.459 e.